The molecule has 9 heteroatoms. The van der Waals surface area contributed by atoms with Gasteiger partial charge in [-0.3, -0.25) is 4.79 Å². The molecule has 0 unspecified atom stereocenters. The average Bonchev–Trinajstić information content (AvgIpc) is 3.07. The monoisotopic (exact) mass is 417 g/mol. The Kier molecular flexibility index (Phi) is 5.38. The summed E-state index contributed by atoms with van der Waals surface area (Å²) >= 11 is 0. The van der Waals surface area contributed by atoms with E-state index in [0.717, 1.165) is 12.7 Å². The number of alkyl halides is 6. The van der Waals surface area contributed by atoms with Crippen LogP contribution in [-0.4, -0.2) is 13.1 Å². The molecule has 156 valence electrons. The zero-order valence-electron chi connectivity index (χ0n) is 15.5. The number of fused-ring (bicyclic) bond motifs is 1. The molecule has 0 aliphatic carbocycles. The van der Waals surface area contributed by atoms with E-state index >= 15 is 0 Å². The van der Waals surface area contributed by atoms with Crippen LogP contribution in [0.4, 0.5) is 26.3 Å². The van der Waals surface area contributed by atoms with E-state index in [1.54, 1.807) is 6.92 Å². The molecule has 0 spiro atoms. The minimum absolute atomic E-state index is 0.0398. The average molecular weight is 417 g/mol. The van der Waals surface area contributed by atoms with Crippen molar-refractivity contribution in [2.45, 2.75) is 38.8 Å². The number of halogens is 6. The Morgan fingerprint density at radius 2 is 1.48 bits per heavy atom. The summed E-state index contributed by atoms with van der Waals surface area (Å²) in [4.78, 5) is 11.9. The Morgan fingerprint density at radius 3 is 1.97 bits per heavy atom. The molecule has 29 heavy (non-hydrogen) atoms. The van der Waals surface area contributed by atoms with Gasteiger partial charge in [-0.05, 0) is 34.7 Å². The number of ether oxygens (including phenoxy) is 1. The van der Waals surface area contributed by atoms with Gasteiger partial charge in [0.25, 0.3) is 0 Å². The Bertz CT molecular complexity index is 946. The van der Waals surface area contributed by atoms with Gasteiger partial charge in [0.15, 0.2) is 0 Å². The summed E-state index contributed by atoms with van der Waals surface area (Å²) in [6.45, 7) is 0.998. The highest BCUT2D eigenvalue weighted by Gasteiger charge is 2.46. The lowest BCUT2D eigenvalue weighted by atomic mass is 9.82. The maximum absolute atomic E-state index is 14.1. The fourth-order valence-electron chi connectivity index (χ4n) is 3.70. The van der Waals surface area contributed by atoms with Gasteiger partial charge in [-0.1, -0.05) is 29.8 Å². The fraction of sp³-hybridized carbons (Fsp3) is 0.350. The standard InChI is InChI=1S/C20H17F6NO2/c1-10-3-5-11(6-4-10)16-12(7-15(28)29-2)17(19(21,22)23)13-8-27-9-14(13)18(16)20(24,25)26/h3-6,27H,7-9H2,1-2H3. The van der Waals surface area contributed by atoms with E-state index in [2.05, 4.69) is 10.1 Å². The smallest absolute Gasteiger partial charge is 0.417 e. The van der Waals surface area contributed by atoms with Crippen molar-refractivity contribution in [2.24, 2.45) is 0 Å². The van der Waals surface area contributed by atoms with Crippen LogP contribution >= 0.6 is 0 Å². The van der Waals surface area contributed by atoms with Gasteiger partial charge in [0.1, 0.15) is 0 Å². The quantitative estimate of drug-likeness (QED) is 0.563. The molecule has 0 saturated carbocycles. The maximum Gasteiger partial charge on any atom is 0.417 e. The Morgan fingerprint density at radius 1 is 0.966 bits per heavy atom. The highest BCUT2D eigenvalue weighted by atomic mass is 19.4. The molecule has 0 atom stereocenters. The molecule has 2 aromatic carbocycles. The molecule has 1 aliphatic heterocycles. The summed E-state index contributed by atoms with van der Waals surface area (Å²) < 4.78 is 88.6. The summed E-state index contributed by atoms with van der Waals surface area (Å²) in [6, 6.07) is 5.68. The van der Waals surface area contributed by atoms with Crippen molar-refractivity contribution < 1.29 is 35.9 Å². The third-order valence-electron chi connectivity index (χ3n) is 4.88. The van der Waals surface area contributed by atoms with Crippen LogP contribution in [0.3, 0.4) is 0 Å². The van der Waals surface area contributed by atoms with Crippen LogP contribution in [0, 0.1) is 6.92 Å². The number of benzene rings is 2. The van der Waals surface area contributed by atoms with Gasteiger partial charge in [-0.25, -0.2) is 0 Å². The number of aryl methyl sites for hydroxylation is 1. The molecule has 1 aliphatic rings. The van der Waals surface area contributed by atoms with Crippen molar-refractivity contribution in [1.29, 1.82) is 0 Å². The molecule has 0 bridgehead atoms. The minimum atomic E-state index is -4.94. The van der Waals surface area contributed by atoms with E-state index in [1.165, 1.54) is 24.3 Å². The zero-order valence-corrected chi connectivity index (χ0v) is 15.5. The van der Waals surface area contributed by atoms with Gasteiger partial charge < -0.3 is 10.1 Å². The summed E-state index contributed by atoms with van der Waals surface area (Å²) in [5.74, 6) is -1.05. The van der Waals surface area contributed by atoms with E-state index < -0.39 is 58.1 Å². The van der Waals surface area contributed by atoms with Crippen LogP contribution in [0.1, 0.15) is 33.4 Å². The Hall–Kier alpha value is -2.55. The lowest BCUT2D eigenvalue weighted by Gasteiger charge is -2.25. The fourth-order valence-corrected chi connectivity index (χ4v) is 3.70. The maximum atomic E-state index is 14.1. The lowest BCUT2D eigenvalue weighted by Crippen LogP contribution is -2.22. The number of carbonyl (C=O) groups is 1. The van der Waals surface area contributed by atoms with Crippen molar-refractivity contribution in [3.8, 4) is 11.1 Å². The first kappa shape index (κ1) is 21.2. The molecule has 0 aromatic heterocycles. The zero-order chi connectivity index (χ0) is 21.6. The van der Waals surface area contributed by atoms with Gasteiger partial charge in [0, 0.05) is 13.1 Å². The largest absolute Gasteiger partial charge is 0.469 e. The number of esters is 1. The molecule has 0 amide bonds. The SMILES string of the molecule is COC(=O)Cc1c(-c2ccc(C)cc2)c(C(F)(F)F)c2c(c1C(F)(F)F)CNC2. The number of methoxy groups -OCH3 is 1. The third-order valence-corrected chi connectivity index (χ3v) is 4.88. The molecule has 3 nitrogen and oxygen atoms in total. The van der Waals surface area contributed by atoms with Gasteiger partial charge in [-0.15, -0.1) is 0 Å². The second-order valence-corrected chi connectivity index (χ2v) is 6.78. The van der Waals surface area contributed by atoms with Crippen LogP contribution in [0.2, 0.25) is 0 Å². The highest BCUT2D eigenvalue weighted by Crippen LogP contribution is 2.49. The first-order chi connectivity index (χ1) is 13.4. The first-order valence-electron chi connectivity index (χ1n) is 8.64. The van der Waals surface area contributed by atoms with Crippen molar-refractivity contribution in [1.82, 2.24) is 5.32 Å². The topological polar surface area (TPSA) is 38.3 Å². The van der Waals surface area contributed by atoms with E-state index in [0.29, 0.717) is 0 Å². The molecule has 3 rings (SSSR count). The molecule has 0 saturated heterocycles. The van der Waals surface area contributed by atoms with Crippen molar-refractivity contribution in [3.05, 3.63) is 57.6 Å². The minimum Gasteiger partial charge on any atom is -0.469 e. The Labute approximate surface area is 162 Å². The van der Waals surface area contributed by atoms with Crippen LogP contribution in [0.5, 0.6) is 0 Å². The normalized spacial score (nSPS) is 14.1. The lowest BCUT2D eigenvalue weighted by molar-refractivity contribution is -0.144. The number of nitrogens with one attached hydrogen (secondary N) is 1. The summed E-state index contributed by atoms with van der Waals surface area (Å²) in [5, 5.41) is 2.58. The summed E-state index contributed by atoms with van der Waals surface area (Å²) in [6.07, 6.45) is -10.8. The summed E-state index contributed by atoms with van der Waals surface area (Å²) in [7, 11) is 0.973. The summed E-state index contributed by atoms with van der Waals surface area (Å²) in [5.41, 5.74) is -3.91. The van der Waals surface area contributed by atoms with E-state index in [-0.39, 0.29) is 18.7 Å². The number of carbonyl (C=O) groups excluding carboxylic acids is 1. The predicted octanol–water partition coefficient (Wildman–Crippen LogP) is 5.02. The molecule has 1 N–H and O–H groups in total. The highest BCUT2D eigenvalue weighted by molar-refractivity contribution is 5.83. The van der Waals surface area contributed by atoms with Crippen molar-refractivity contribution >= 4 is 5.97 Å². The van der Waals surface area contributed by atoms with E-state index in [9.17, 15) is 31.1 Å². The van der Waals surface area contributed by atoms with Gasteiger partial charge in [0.2, 0.25) is 0 Å². The molecule has 1 heterocycles. The van der Waals surface area contributed by atoms with E-state index in [4.69, 9.17) is 0 Å². The number of hydrogen-bond acceptors (Lipinski definition) is 3. The van der Waals surface area contributed by atoms with Crippen molar-refractivity contribution in [3.63, 3.8) is 0 Å². The first-order valence-corrected chi connectivity index (χ1v) is 8.64. The van der Waals surface area contributed by atoms with Gasteiger partial charge in [0.05, 0.1) is 24.7 Å². The van der Waals surface area contributed by atoms with Gasteiger partial charge in [-0.2, -0.15) is 26.3 Å². The van der Waals surface area contributed by atoms with Crippen LogP contribution in [-0.2, 0) is 41.4 Å². The van der Waals surface area contributed by atoms with Crippen LogP contribution in [0.15, 0.2) is 24.3 Å². The third kappa shape index (κ3) is 3.96. The predicted molar refractivity (Wildman–Crippen MR) is 92.9 cm³/mol. The van der Waals surface area contributed by atoms with E-state index in [1.807, 2.05) is 0 Å². The van der Waals surface area contributed by atoms with Crippen LogP contribution in [0.25, 0.3) is 11.1 Å². The Balaban J connectivity index is 2.50. The second kappa shape index (κ2) is 7.37. The van der Waals surface area contributed by atoms with Crippen LogP contribution < -0.4 is 5.32 Å². The molecular weight excluding hydrogens is 400 g/mol. The van der Waals surface area contributed by atoms with Gasteiger partial charge >= 0.3 is 18.3 Å². The molecule has 0 fully saturated rings. The molecule has 2 aromatic rings. The molecular formula is C20H17F6NO2. The molecule has 0 radical (unpaired) electrons. The second-order valence-electron chi connectivity index (χ2n) is 6.78. The number of hydrogen-bond donors (Lipinski definition) is 1. The number of rotatable bonds is 3. The van der Waals surface area contributed by atoms with Crippen molar-refractivity contribution in [2.75, 3.05) is 7.11 Å².